The molecule has 0 aromatic heterocycles. The molecule has 2 heterocycles. The minimum Gasteiger partial charge on any atom is -0.478 e. The minimum absolute atomic E-state index is 0.0223. The van der Waals surface area contributed by atoms with Gasteiger partial charge in [0.05, 0.1) is 12.6 Å². The monoisotopic (exact) mass is 261 g/mol. The number of para-hydroxylation sites is 1. The van der Waals surface area contributed by atoms with Crippen LogP contribution in [-0.2, 0) is 9.53 Å². The molecule has 2 fully saturated rings. The number of fused-ring (bicyclic) bond motifs is 1. The number of carbonyl (C=O) groups is 1. The Morgan fingerprint density at radius 1 is 1.32 bits per heavy atom. The molecule has 2 aliphatic rings. The average Bonchev–Trinajstić information content (AvgIpc) is 2.39. The summed E-state index contributed by atoms with van der Waals surface area (Å²) in [6.07, 6.45) is -0.537. The van der Waals surface area contributed by atoms with Crippen LogP contribution in [0.2, 0.25) is 0 Å². The zero-order valence-electron chi connectivity index (χ0n) is 11.5. The first-order valence-corrected chi connectivity index (χ1v) is 6.66. The molecular weight excluding hydrogens is 242 g/mol. The van der Waals surface area contributed by atoms with Crippen molar-refractivity contribution < 1.29 is 14.3 Å². The lowest BCUT2D eigenvalue weighted by Gasteiger charge is -2.58. The Labute approximate surface area is 113 Å². The highest BCUT2D eigenvalue weighted by atomic mass is 16.5. The molecule has 0 unspecified atom stereocenters. The molecule has 102 valence electrons. The van der Waals surface area contributed by atoms with Gasteiger partial charge in [-0.25, -0.2) is 0 Å². The van der Waals surface area contributed by atoms with Gasteiger partial charge in [0.2, 0.25) is 0 Å². The Morgan fingerprint density at radius 2 is 2.00 bits per heavy atom. The number of hydrogen-bond donors (Lipinski definition) is 0. The summed E-state index contributed by atoms with van der Waals surface area (Å²) in [5.41, 5.74) is -0.0835. The van der Waals surface area contributed by atoms with Gasteiger partial charge in [0.1, 0.15) is 12.0 Å². The Bertz CT molecular complexity index is 485. The molecule has 0 spiro atoms. The summed E-state index contributed by atoms with van der Waals surface area (Å²) in [5, 5.41) is 0. The summed E-state index contributed by atoms with van der Waals surface area (Å²) in [5.74, 6) is 0.768. The maximum absolute atomic E-state index is 12.2. The largest absolute Gasteiger partial charge is 0.478 e. The Morgan fingerprint density at radius 3 is 2.68 bits per heavy atom. The number of nitrogens with zero attached hydrogens (tertiary/aromatic N) is 1. The summed E-state index contributed by atoms with van der Waals surface area (Å²) >= 11 is 0. The van der Waals surface area contributed by atoms with E-state index in [0.717, 1.165) is 5.75 Å². The predicted molar refractivity (Wildman–Crippen MR) is 70.7 cm³/mol. The maximum Gasteiger partial charge on any atom is 0.268 e. The molecule has 1 aromatic rings. The first kappa shape index (κ1) is 12.5. The molecule has 2 aliphatic heterocycles. The molecule has 1 amide bonds. The second-order valence-electron chi connectivity index (χ2n) is 5.94. The lowest BCUT2D eigenvalue weighted by Crippen LogP contribution is -2.77. The highest BCUT2D eigenvalue weighted by Gasteiger charge is 2.60. The molecule has 0 bridgehead atoms. The van der Waals surface area contributed by atoms with Crippen molar-refractivity contribution in [3.05, 3.63) is 30.3 Å². The molecular formula is C15H19NO3. The molecule has 1 aromatic carbocycles. The van der Waals surface area contributed by atoms with Crippen LogP contribution >= 0.6 is 0 Å². The van der Waals surface area contributed by atoms with Crippen molar-refractivity contribution >= 4 is 5.91 Å². The fourth-order valence-electron chi connectivity index (χ4n) is 2.94. The van der Waals surface area contributed by atoms with Crippen LogP contribution < -0.4 is 4.74 Å². The molecule has 4 heteroatoms. The molecule has 0 aliphatic carbocycles. The van der Waals surface area contributed by atoms with Gasteiger partial charge in [-0.05, 0) is 19.1 Å². The van der Waals surface area contributed by atoms with Gasteiger partial charge in [-0.1, -0.05) is 32.0 Å². The molecule has 4 nitrogen and oxygen atoms in total. The lowest BCUT2D eigenvalue weighted by atomic mass is 9.74. The van der Waals surface area contributed by atoms with E-state index in [1.54, 1.807) is 4.90 Å². The summed E-state index contributed by atoms with van der Waals surface area (Å²) in [7, 11) is 0. The van der Waals surface area contributed by atoms with E-state index >= 15 is 0 Å². The SMILES string of the molecule is C[C@H]1OCC(C)(C)[C@@H]2[C@@H](Oc3ccccc3)C(=O)N21. The molecule has 19 heavy (non-hydrogen) atoms. The lowest BCUT2D eigenvalue weighted by molar-refractivity contribution is -0.236. The van der Waals surface area contributed by atoms with Gasteiger partial charge in [0.15, 0.2) is 6.10 Å². The van der Waals surface area contributed by atoms with Crippen LogP contribution in [0.3, 0.4) is 0 Å². The highest BCUT2D eigenvalue weighted by Crippen LogP contribution is 2.42. The molecule has 3 rings (SSSR count). The molecule has 3 atom stereocenters. The zero-order valence-corrected chi connectivity index (χ0v) is 11.5. The number of carbonyl (C=O) groups excluding carboxylic acids is 1. The molecule has 2 saturated heterocycles. The van der Waals surface area contributed by atoms with Crippen LogP contribution in [-0.4, -0.2) is 35.8 Å². The minimum atomic E-state index is -0.385. The number of rotatable bonds is 2. The van der Waals surface area contributed by atoms with E-state index in [2.05, 4.69) is 13.8 Å². The maximum atomic E-state index is 12.2. The van der Waals surface area contributed by atoms with E-state index in [1.165, 1.54) is 0 Å². The van der Waals surface area contributed by atoms with Gasteiger partial charge in [-0.3, -0.25) is 4.79 Å². The molecule has 0 N–H and O–H groups in total. The van der Waals surface area contributed by atoms with E-state index in [9.17, 15) is 4.79 Å². The van der Waals surface area contributed by atoms with Crippen LogP contribution in [0.5, 0.6) is 5.75 Å². The van der Waals surface area contributed by atoms with Gasteiger partial charge >= 0.3 is 0 Å². The number of benzene rings is 1. The first-order chi connectivity index (χ1) is 9.00. The van der Waals surface area contributed by atoms with Crippen LogP contribution in [0.4, 0.5) is 0 Å². The first-order valence-electron chi connectivity index (χ1n) is 6.66. The number of hydrogen-bond acceptors (Lipinski definition) is 3. The Hall–Kier alpha value is -1.55. The number of ether oxygens (including phenoxy) is 2. The topological polar surface area (TPSA) is 38.8 Å². The van der Waals surface area contributed by atoms with Crippen LogP contribution in [0.25, 0.3) is 0 Å². The summed E-state index contributed by atoms with van der Waals surface area (Å²) in [6.45, 7) is 6.80. The van der Waals surface area contributed by atoms with Crippen molar-refractivity contribution in [3.63, 3.8) is 0 Å². The van der Waals surface area contributed by atoms with Gasteiger partial charge in [0, 0.05) is 5.41 Å². The molecule has 0 saturated carbocycles. The average molecular weight is 261 g/mol. The third kappa shape index (κ3) is 1.91. The third-order valence-electron chi connectivity index (χ3n) is 3.98. The van der Waals surface area contributed by atoms with Gasteiger partial charge in [-0.2, -0.15) is 0 Å². The van der Waals surface area contributed by atoms with E-state index in [4.69, 9.17) is 9.47 Å². The highest BCUT2D eigenvalue weighted by molar-refractivity contribution is 5.89. The van der Waals surface area contributed by atoms with Crippen LogP contribution in [0.15, 0.2) is 30.3 Å². The van der Waals surface area contributed by atoms with Crippen LogP contribution in [0.1, 0.15) is 20.8 Å². The summed E-state index contributed by atoms with van der Waals surface area (Å²) in [6, 6.07) is 9.60. The van der Waals surface area contributed by atoms with Crippen molar-refractivity contribution in [2.45, 2.75) is 39.1 Å². The van der Waals surface area contributed by atoms with E-state index in [-0.39, 0.29) is 29.7 Å². The van der Waals surface area contributed by atoms with E-state index in [0.29, 0.717) is 6.61 Å². The second kappa shape index (κ2) is 4.23. The van der Waals surface area contributed by atoms with Gasteiger partial charge in [0.25, 0.3) is 5.91 Å². The zero-order chi connectivity index (χ0) is 13.6. The van der Waals surface area contributed by atoms with E-state index < -0.39 is 0 Å². The predicted octanol–water partition coefficient (Wildman–Crippen LogP) is 2.05. The van der Waals surface area contributed by atoms with E-state index in [1.807, 2.05) is 37.3 Å². The van der Waals surface area contributed by atoms with Crippen molar-refractivity contribution in [1.82, 2.24) is 4.90 Å². The summed E-state index contributed by atoms with van der Waals surface area (Å²) < 4.78 is 11.5. The fraction of sp³-hybridized carbons (Fsp3) is 0.533. The number of amides is 1. The van der Waals surface area contributed by atoms with Crippen molar-refractivity contribution in [3.8, 4) is 5.75 Å². The normalized spacial score (nSPS) is 32.5. The Kier molecular flexibility index (Phi) is 2.78. The number of β-lactam (4-membered cyclic amide) rings is 1. The standard InChI is InChI=1S/C15H19NO3/c1-10-16-13(15(2,3)9-18-10)12(14(16)17)19-11-7-5-4-6-8-11/h4-8,10,12-13H,9H2,1-3H3/t10-,12-,13+/m1/s1. The van der Waals surface area contributed by atoms with Crippen molar-refractivity contribution in [2.75, 3.05) is 6.61 Å². The van der Waals surface area contributed by atoms with Crippen molar-refractivity contribution in [1.29, 1.82) is 0 Å². The third-order valence-corrected chi connectivity index (χ3v) is 3.98. The van der Waals surface area contributed by atoms with Crippen molar-refractivity contribution in [2.24, 2.45) is 5.41 Å². The Balaban J connectivity index is 1.82. The van der Waals surface area contributed by atoms with Crippen LogP contribution in [0, 0.1) is 5.41 Å². The quantitative estimate of drug-likeness (QED) is 0.765. The second-order valence-corrected chi connectivity index (χ2v) is 5.94. The fourth-order valence-corrected chi connectivity index (χ4v) is 2.94. The summed E-state index contributed by atoms with van der Waals surface area (Å²) in [4.78, 5) is 14.0. The van der Waals surface area contributed by atoms with Gasteiger partial charge < -0.3 is 14.4 Å². The van der Waals surface area contributed by atoms with Gasteiger partial charge in [-0.15, -0.1) is 0 Å². The molecule has 0 radical (unpaired) electrons. The smallest absolute Gasteiger partial charge is 0.268 e.